The highest BCUT2D eigenvalue weighted by Crippen LogP contribution is 2.21. The molecule has 0 aliphatic carbocycles. The van der Waals surface area contributed by atoms with Crippen LogP contribution < -0.4 is 0 Å². The first kappa shape index (κ1) is 15.8. The molecule has 4 heteroatoms. The van der Waals surface area contributed by atoms with E-state index in [1.807, 2.05) is 6.92 Å². The summed E-state index contributed by atoms with van der Waals surface area (Å²) >= 11 is 0. The number of rotatable bonds is 8. The number of amides is 1. The maximum Gasteiger partial charge on any atom is 0.451 e. The van der Waals surface area contributed by atoms with E-state index in [1.54, 1.807) is 6.08 Å². The molecule has 0 aromatic carbocycles. The first-order valence-corrected chi connectivity index (χ1v) is 6.22. The van der Waals surface area contributed by atoms with E-state index in [0.717, 1.165) is 12.8 Å². The van der Waals surface area contributed by atoms with E-state index in [2.05, 4.69) is 28.5 Å². The SMILES string of the molecule is C=CC(C)(CCCCCCC)N=NC(=O)OC. The molecule has 0 bridgehead atoms. The quantitative estimate of drug-likeness (QED) is 0.356. The standard InChI is InChI=1S/C13H24N2O2/c1-5-7-8-9-10-11-13(3,6-2)15-14-12(16)17-4/h6H,2,5,7-11H2,1,3-4H3. The molecule has 0 spiro atoms. The average molecular weight is 240 g/mol. The fraction of sp³-hybridized carbons (Fsp3) is 0.769. The molecular formula is C13H24N2O2. The van der Waals surface area contributed by atoms with Gasteiger partial charge in [-0.05, 0) is 13.3 Å². The van der Waals surface area contributed by atoms with Crippen molar-refractivity contribution in [2.75, 3.05) is 7.11 Å². The summed E-state index contributed by atoms with van der Waals surface area (Å²) in [6.45, 7) is 7.86. The molecule has 0 N–H and O–H groups in total. The zero-order valence-electron chi connectivity index (χ0n) is 11.2. The van der Waals surface area contributed by atoms with E-state index in [-0.39, 0.29) is 0 Å². The average Bonchev–Trinajstić information content (AvgIpc) is 2.35. The summed E-state index contributed by atoms with van der Waals surface area (Å²) in [6, 6.07) is 0. The minimum absolute atomic E-state index is 0.458. The maximum absolute atomic E-state index is 10.9. The number of carbonyl (C=O) groups excluding carboxylic acids is 1. The number of ether oxygens (including phenoxy) is 1. The highest BCUT2D eigenvalue weighted by molar-refractivity contribution is 5.67. The van der Waals surface area contributed by atoms with E-state index in [4.69, 9.17) is 0 Å². The van der Waals surface area contributed by atoms with Crippen molar-refractivity contribution in [1.29, 1.82) is 0 Å². The van der Waals surface area contributed by atoms with Crippen molar-refractivity contribution in [3.8, 4) is 0 Å². The van der Waals surface area contributed by atoms with Gasteiger partial charge in [0.25, 0.3) is 0 Å². The van der Waals surface area contributed by atoms with Crippen LogP contribution in [0.25, 0.3) is 0 Å². The number of nitrogens with zero attached hydrogens (tertiary/aromatic N) is 2. The second-order valence-electron chi connectivity index (χ2n) is 4.40. The lowest BCUT2D eigenvalue weighted by Gasteiger charge is -2.18. The van der Waals surface area contributed by atoms with Gasteiger partial charge in [0, 0.05) is 0 Å². The smallest absolute Gasteiger partial charge is 0.450 e. The van der Waals surface area contributed by atoms with Crippen LogP contribution in [0.2, 0.25) is 0 Å². The van der Waals surface area contributed by atoms with Gasteiger partial charge in [0.15, 0.2) is 0 Å². The molecule has 0 aliphatic rings. The Morgan fingerprint density at radius 3 is 2.53 bits per heavy atom. The summed E-state index contributed by atoms with van der Waals surface area (Å²) in [5.41, 5.74) is -0.458. The van der Waals surface area contributed by atoms with Crippen molar-refractivity contribution >= 4 is 6.09 Å². The largest absolute Gasteiger partial charge is 0.451 e. The van der Waals surface area contributed by atoms with Crippen LogP contribution in [0, 0.1) is 0 Å². The fourth-order valence-corrected chi connectivity index (χ4v) is 1.48. The highest BCUT2D eigenvalue weighted by atomic mass is 16.5. The van der Waals surface area contributed by atoms with Gasteiger partial charge in [-0.15, -0.1) is 6.58 Å². The van der Waals surface area contributed by atoms with Crippen LogP contribution in [0.5, 0.6) is 0 Å². The third kappa shape index (κ3) is 7.66. The molecule has 98 valence electrons. The summed E-state index contributed by atoms with van der Waals surface area (Å²) in [4.78, 5) is 10.9. The predicted octanol–water partition coefficient (Wildman–Crippen LogP) is 4.51. The normalized spacial score (nSPS) is 14.5. The zero-order valence-corrected chi connectivity index (χ0v) is 11.2. The van der Waals surface area contributed by atoms with Gasteiger partial charge in [-0.2, -0.15) is 5.11 Å². The first-order valence-electron chi connectivity index (χ1n) is 6.22. The van der Waals surface area contributed by atoms with Crippen molar-refractivity contribution in [1.82, 2.24) is 0 Å². The van der Waals surface area contributed by atoms with E-state index < -0.39 is 11.6 Å². The Morgan fingerprint density at radius 2 is 2.00 bits per heavy atom. The lowest BCUT2D eigenvalue weighted by atomic mass is 9.95. The Balaban J connectivity index is 4.05. The molecular weight excluding hydrogens is 216 g/mol. The zero-order chi connectivity index (χ0) is 13.1. The van der Waals surface area contributed by atoms with Gasteiger partial charge in [0.2, 0.25) is 0 Å². The van der Waals surface area contributed by atoms with E-state index >= 15 is 0 Å². The van der Waals surface area contributed by atoms with Gasteiger partial charge in [0.1, 0.15) is 0 Å². The van der Waals surface area contributed by atoms with Gasteiger partial charge < -0.3 is 4.74 Å². The number of methoxy groups -OCH3 is 1. The van der Waals surface area contributed by atoms with Crippen LogP contribution in [-0.2, 0) is 4.74 Å². The van der Waals surface area contributed by atoms with Crippen LogP contribution in [0.15, 0.2) is 22.9 Å². The lowest BCUT2D eigenvalue weighted by molar-refractivity contribution is 0.179. The van der Waals surface area contributed by atoms with Crippen molar-refractivity contribution in [3.05, 3.63) is 12.7 Å². The van der Waals surface area contributed by atoms with Crippen LogP contribution in [0.4, 0.5) is 4.79 Å². The molecule has 17 heavy (non-hydrogen) atoms. The van der Waals surface area contributed by atoms with Crippen LogP contribution >= 0.6 is 0 Å². The second kappa shape index (κ2) is 8.90. The number of hydrogen-bond acceptors (Lipinski definition) is 3. The van der Waals surface area contributed by atoms with Gasteiger partial charge in [0.05, 0.1) is 12.6 Å². The molecule has 0 aromatic heterocycles. The fourth-order valence-electron chi connectivity index (χ4n) is 1.48. The minimum atomic E-state index is -0.663. The molecule has 0 fully saturated rings. The van der Waals surface area contributed by atoms with E-state index in [9.17, 15) is 4.79 Å². The number of unbranched alkanes of at least 4 members (excludes halogenated alkanes) is 4. The van der Waals surface area contributed by atoms with Gasteiger partial charge >= 0.3 is 6.09 Å². The van der Waals surface area contributed by atoms with Gasteiger partial charge in [-0.3, -0.25) is 0 Å². The number of hydrogen-bond donors (Lipinski definition) is 0. The van der Waals surface area contributed by atoms with Crippen LogP contribution in [0.1, 0.15) is 52.4 Å². The molecule has 0 saturated heterocycles. The first-order chi connectivity index (χ1) is 8.08. The molecule has 4 nitrogen and oxygen atoms in total. The Kier molecular flexibility index (Phi) is 8.28. The van der Waals surface area contributed by atoms with Gasteiger partial charge in [-0.25, -0.2) is 4.79 Å². The molecule has 0 aliphatic heterocycles. The van der Waals surface area contributed by atoms with Crippen molar-refractivity contribution in [2.45, 2.75) is 57.9 Å². The molecule has 1 atom stereocenters. The molecule has 1 unspecified atom stereocenters. The van der Waals surface area contributed by atoms with E-state index in [1.165, 1.54) is 32.8 Å². The molecule has 0 radical (unpaired) electrons. The monoisotopic (exact) mass is 240 g/mol. The van der Waals surface area contributed by atoms with Crippen molar-refractivity contribution in [2.24, 2.45) is 10.2 Å². The third-order valence-electron chi connectivity index (χ3n) is 2.76. The number of carbonyl (C=O) groups is 1. The van der Waals surface area contributed by atoms with Gasteiger partial charge in [-0.1, -0.05) is 50.2 Å². The summed E-state index contributed by atoms with van der Waals surface area (Å²) < 4.78 is 4.41. The van der Waals surface area contributed by atoms with Crippen LogP contribution in [-0.4, -0.2) is 18.7 Å². The second-order valence-corrected chi connectivity index (χ2v) is 4.40. The Bertz CT molecular complexity index is 264. The molecule has 0 heterocycles. The summed E-state index contributed by atoms with van der Waals surface area (Å²) in [6.07, 6.45) is 7.95. The topological polar surface area (TPSA) is 51.0 Å². The van der Waals surface area contributed by atoms with Crippen molar-refractivity contribution in [3.63, 3.8) is 0 Å². The Morgan fingerprint density at radius 1 is 1.35 bits per heavy atom. The Hall–Kier alpha value is -1.19. The number of azo groups is 1. The van der Waals surface area contributed by atoms with E-state index in [0.29, 0.717) is 0 Å². The third-order valence-corrected chi connectivity index (χ3v) is 2.76. The summed E-state index contributed by atoms with van der Waals surface area (Å²) in [5, 5.41) is 7.49. The minimum Gasteiger partial charge on any atom is -0.450 e. The summed E-state index contributed by atoms with van der Waals surface area (Å²) in [7, 11) is 1.29. The van der Waals surface area contributed by atoms with Crippen molar-refractivity contribution < 1.29 is 9.53 Å². The maximum atomic E-state index is 10.9. The molecule has 0 aromatic rings. The molecule has 1 amide bonds. The lowest BCUT2D eigenvalue weighted by Crippen LogP contribution is -2.18. The molecule has 0 rings (SSSR count). The van der Waals surface area contributed by atoms with Crippen LogP contribution in [0.3, 0.4) is 0 Å². The summed E-state index contributed by atoms with van der Waals surface area (Å²) in [5.74, 6) is 0. The highest BCUT2D eigenvalue weighted by Gasteiger charge is 2.19. The predicted molar refractivity (Wildman–Crippen MR) is 69.2 cm³/mol. The molecule has 0 saturated carbocycles. The Labute approximate surface area is 104 Å².